The number of nitrogens with zero attached hydrogens (tertiary/aromatic N) is 4. The summed E-state index contributed by atoms with van der Waals surface area (Å²) in [6.07, 6.45) is 0. The van der Waals surface area contributed by atoms with E-state index in [0.717, 1.165) is 61.3 Å². The molecule has 12 aromatic rings. The van der Waals surface area contributed by atoms with Crippen LogP contribution >= 0.6 is 0 Å². The highest BCUT2D eigenvalue weighted by Crippen LogP contribution is 2.44. The number of benzene rings is 9. The van der Waals surface area contributed by atoms with Gasteiger partial charge in [0, 0.05) is 49.3 Å². The third-order valence-electron chi connectivity index (χ3n) is 11.7. The van der Waals surface area contributed by atoms with E-state index < -0.39 is 0 Å². The van der Waals surface area contributed by atoms with Crippen LogP contribution in [0.4, 0.5) is 0 Å². The number of para-hydroxylation sites is 4. The fraction of sp³-hybridized carbons (Fsp3) is 0. The molecule has 0 atom stereocenters. The van der Waals surface area contributed by atoms with Gasteiger partial charge in [0.1, 0.15) is 0 Å². The van der Waals surface area contributed by atoms with Crippen LogP contribution in [0.2, 0.25) is 0 Å². The zero-order valence-electron chi connectivity index (χ0n) is 31.4. The molecule has 3 aromatic heterocycles. The van der Waals surface area contributed by atoms with Gasteiger partial charge in [-0.2, -0.15) is 0 Å². The number of rotatable bonds is 5. The second-order valence-corrected chi connectivity index (χ2v) is 15.0. The molecule has 0 saturated carbocycles. The lowest BCUT2D eigenvalue weighted by Crippen LogP contribution is -2.00. The van der Waals surface area contributed by atoms with Crippen molar-refractivity contribution in [3.05, 3.63) is 206 Å². The van der Waals surface area contributed by atoms with Crippen molar-refractivity contribution in [1.82, 2.24) is 19.1 Å². The Morgan fingerprint density at radius 1 is 0.345 bits per heavy atom. The van der Waals surface area contributed by atoms with Gasteiger partial charge < -0.3 is 9.13 Å². The fourth-order valence-corrected chi connectivity index (χ4v) is 9.11. The first-order chi connectivity index (χ1) is 28.8. The molecule has 0 aliphatic rings. The van der Waals surface area contributed by atoms with E-state index in [1.165, 1.54) is 43.4 Å². The van der Waals surface area contributed by atoms with Gasteiger partial charge in [0.15, 0.2) is 5.82 Å². The van der Waals surface area contributed by atoms with Crippen molar-refractivity contribution in [2.45, 2.75) is 0 Å². The van der Waals surface area contributed by atoms with E-state index in [1.54, 1.807) is 0 Å². The quantitative estimate of drug-likeness (QED) is 0.176. The van der Waals surface area contributed by atoms with Crippen LogP contribution < -0.4 is 0 Å². The van der Waals surface area contributed by atoms with Gasteiger partial charge in [0.25, 0.3) is 0 Å². The number of hydrogen-bond donors (Lipinski definition) is 0. The molecular weight excluding hydrogens is 705 g/mol. The van der Waals surface area contributed by atoms with Crippen molar-refractivity contribution >= 4 is 65.3 Å². The Balaban J connectivity index is 1.12. The summed E-state index contributed by atoms with van der Waals surface area (Å²) in [6.45, 7) is 0. The smallest absolute Gasteiger partial charge is 0.160 e. The van der Waals surface area contributed by atoms with E-state index in [-0.39, 0.29) is 0 Å². The molecule has 3 heterocycles. The average Bonchev–Trinajstić information content (AvgIpc) is 3.82. The zero-order valence-corrected chi connectivity index (χ0v) is 31.4. The predicted molar refractivity (Wildman–Crippen MR) is 242 cm³/mol. The molecule has 4 nitrogen and oxygen atoms in total. The molecule has 58 heavy (non-hydrogen) atoms. The standard InChI is InChI=1S/C54H34N4/c1-3-16-36(17-4-1)44-34-39(54-55-45-24-12-9-21-41(45)53(56-54)38-28-27-35-15-7-8-18-37(35)33-38)29-30-48(44)58-47-26-14-11-23-43(47)52-50(58)32-31-49-51(52)42-22-10-13-25-46(42)57(49)40-19-5-2-6-20-40/h1-34H. The highest BCUT2D eigenvalue weighted by Gasteiger charge is 2.22. The van der Waals surface area contributed by atoms with Crippen LogP contribution in [0.1, 0.15) is 0 Å². The van der Waals surface area contributed by atoms with Crippen molar-refractivity contribution in [3.8, 4) is 45.1 Å². The van der Waals surface area contributed by atoms with E-state index in [9.17, 15) is 0 Å². The first kappa shape index (κ1) is 32.4. The molecule has 9 aromatic carbocycles. The molecule has 0 fully saturated rings. The summed E-state index contributed by atoms with van der Waals surface area (Å²) in [6, 6.07) is 73.8. The van der Waals surface area contributed by atoms with E-state index in [4.69, 9.17) is 9.97 Å². The van der Waals surface area contributed by atoms with Crippen LogP contribution in [-0.2, 0) is 0 Å². The summed E-state index contributed by atoms with van der Waals surface area (Å²) in [4.78, 5) is 10.5. The minimum absolute atomic E-state index is 0.697. The lowest BCUT2D eigenvalue weighted by Gasteiger charge is -2.16. The van der Waals surface area contributed by atoms with Gasteiger partial charge in [0.05, 0.1) is 39.0 Å². The maximum Gasteiger partial charge on any atom is 0.160 e. The van der Waals surface area contributed by atoms with Crippen molar-refractivity contribution in [2.75, 3.05) is 0 Å². The highest BCUT2D eigenvalue weighted by molar-refractivity contribution is 6.29. The Labute approximate surface area is 334 Å². The number of fused-ring (bicyclic) bond motifs is 9. The molecule has 0 N–H and O–H groups in total. The summed E-state index contributed by atoms with van der Waals surface area (Å²) >= 11 is 0. The molecule has 0 radical (unpaired) electrons. The highest BCUT2D eigenvalue weighted by atomic mass is 15.0. The summed E-state index contributed by atoms with van der Waals surface area (Å²) in [7, 11) is 0. The maximum atomic E-state index is 5.35. The largest absolute Gasteiger partial charge is 0.309 e. The lowest BCUT2D eigenvalue weighted by atomic mass is 9.99. The molecule has 270 valence electrons. The summed E-state index contributed by atoms with van der Waals surface area (Å²) in [5, 5.41) is 8.40. The number of aromatic nitrogens is 4. The van der Waals surface area contributed by atoms with Gasteiger partial charge in [-0.15, -0.1) is 0 Å². The van der Waals surface area contributed by atoms with Gasteiger partial charge in [-0.05, 0) is 83.1 Å². The Kier molecular flexibility index (Phi) is 7.20. The molecule has 0 spiro atoms. The van der Waals surface area contributed by atoms with Gasteiger partial charge in [0.2, 0.25) is 0 Å². The second kappa shape index (κ2) is 12.9. The lowest BCUT2D eigenvalue weighted by molar-refractivity contribution is 1.17. The van der Waals surface area contributed by atoms with E-state index in [2.05, 4.69) is 215 Å². The SMILES string of the molecule is c1ccc(-c2cc(-c3nc(-c4ccc5ccccc5c4)c4ccccc4n3)ccc2-n2c3ccccc3c3c4c5ccccc5n(-c5ccccc5)c4ccc32)cc1. The van der Waals surface area contributed by atoms with Crippen molar-refractivity contribution in [2.24, 2.45) is 0 Å². The molecule has 12 rings (SSSR count). The Morgan fingerprint density at radius 3 is 1.69 bits per heavy atom. The molecule has 4 heteroatoms. The molecule has 0 aliphatic heterocycles. The summed E-state index contributed by atoms with van der Waals surface area (Å²) in [5.74, 6) is 0.697. The van der Waals surface area contributed by atoms with Crippen molar-refractivity contribution in [3.63, 3.8) is 0 Å². The van der Waals surface area contributed by atoms with Gasteiger partial charge in [-0.1, -0.05) is 140 Å². The normalized spacial score (nSPS) is 11.8. The molecule has 0 bridgehead atoms. The first-order valence-corrected chi connectivity index (χ1v) is 19.8. The molecule has 0 unspecified atom stereocenters. The van der Waals surface area contributed by atoms with Gasteiger partial charge >= 0.3 is 0 Å². The molecule has 0 aliphatic carbocycles. The van der Waals surface area contributed by atoms with Gasteiger partial charge in [-0.25, -0.2) is 9.97 Å². The zero-order chi connectivity index (χ0) is 38.2. The topological polar surface area (TPSA) is 35.6 Å². The monoisotopic (exact) mass is 738 g/mol. The minimum Gasteiger partial charge on any atom is -0.309 e. The van der Waals surface area contributed by atoms with Crippen LogP contribution in [0.5, 0.6) is 0 Å². The van der Waals surface area contributed by atoms with Crippen LogP contribution in [0.25, 0.3) is 110 Å². The molecule has 0 saturated heterocycles. The second-order valence-electron chi connectivity index (χ2n) is 15.0. The third kappa shape index (κ3) is 4.95. The van der Waals surface area contributed by atoms with E-state index in [0.29, 0.717) is 5.82 Å². The van der Waals surface area contributed by atoms with Crippen LogP contribution in [0.3, 0.4) is 0 Å². The van der Waals surface area contributed by atoms with Crippen LogP contribution in [-0.4, -0.2) is 19.1 Å². The van der Waals surface area contributed by atoms with Crippen molar-refractivity contribution in [1.29, 1.82) is 0 Å². The van der Waals surface area contributed by atoms with E-state index in [1.807, 2.05) is 0 Å². The number of hydrogen-bond acceptors (Lipinski definition) is 2. The average molecular weight is 739 g/mol. The van der Waals surface area contributed by atoms with Crippen LogP contribution in [0.15, 0.2) is 206 Å². The molecular formula is C54H34N4. The van der Waals surface area contributed by atoms with Crippen molar-refractivity contribution < 1.29 is 0 Å². The summed E-state index contributed by atoms with van der Waals surface area (Å²) in [5.41, 5.74) is 13.1. The predicted octanol–water partition coefficient (Wildman–Crippen LogP) is 14.0. The Hall–Kier alpha value is -7.82. The Morgan fingerprint density at radius 2 is 0.931 bits per heavy atom. The molecule has 0 amide bonds. The first-order valence-electron chi connectivity index (χ1n) is 19.8. The maximum absolute atomic E-state index is 5.35. The Bertz CT molecular complexity index is 3560. The third-order valence-corrected chi connectivity index (χ3v) is 11.7. The van der Waals surface area contributed by atoms with Crippen LogP contribution in [0, 0.1) is 0 Å². The fourth-order valence-electron chi connectivity index (χ4n) is 9.11. The van der Waals surface area contributed by atoms with Gasteiger partial charge in [-0.3, -0.25) is 0 Å². The van der Waals surface area contributed by atoms with E-state index >= 15 is 0 Å². The summed E-state index contributed by atoms with van der Waals surface area (Å²) < 4.78 is 4.85. The minimum atomic E-state index is 0.697.